The van der Waals surface area contributed by atoms with Crippen LogP contribution in [0.25, 0.3) is 17.1 Å². The molecule has 2 aliphatic heterocycles. The summed E-state index contributed by atoms with van der Waals surface area (Å²) in [7, 11) is 1.56. The van der Waals surface area contributed by atoms with Gasteiger partial charge in [0.2, 0.25) is 6.04 Å². The van der Waals surface area contributed by atoms with Crippen molar-refractivity contribution in [1.29, 1.82) is 0 Å². The molecule has 3 aromatic carbocycles. The van der Waals surface area contributed by atoms with Crippen LogP contribution in [0.15, 0.2) is 78.9 Å². The molecule has 1 saturated heterocycles. The fourth-order valence-corrected chi connectivity index (χ4v) is 5.40. The number of methoxy groups -OCH3 is 1. The smallest absolute Gasteiger partial charge is 0.272 e. The molecule has 3 heterocycles. The molecular formula is C26H21N5O4. The van der Waals surface area contributed by atoms with Crippen LogP contribution in [-0.2, 0) is 0 Å². The van der Waals surface area contributed by atoms with E-state index in [0.717, 1.165) is 11.3 Å². The van der Waals surface area contributed by atoms with Gasteiger partial charge in [-0.15, -0.1) is 5.10 Å². The topological polar surface area (TPSA) is 103 Å². The van der Waals surface area contributed by atoms with E-state index in [1.807, 2.05) is 53.5 Å². The second-order valence-electron chi connectivity index (χ2n) is 8.66. The van der Waals surface area contributed by atoms with Gasteiger partial charge in [0, 0.05) is 10.6 Å². The number of rotatable bonds is 4. The van der Waals surface area contributed by atoms with Gasteiger partial charge in [-0.05, 0) is 41.5 Å². The van der Waals surface area contributed by atoms with Crippen LogP contribution in [0, 0.1) is 10.1 Å². The third kappa shape index (κ3) is 3.19. The number of ether oxygens (including phenoxy) is 1. The Morgan fingerprint density at radius 3 is 2.54 bits per heavy atom. The van der Waals surface area contributed by atoms with Gasteiger partial charge in [0.15, 0.2) is 0 Å². The molecule has 0 unspecified atom stereocenters. The number of fused-ring (bicyclic) bond motifs is 4. The van der Waals surface area contributed by atoms with Gasteiger partial charge in [0.05, 0.1) is 18.5 Å². The monoisotopic (exact) mass is 467 g/mol. The second-order valence-corrected chi connectivity index (χ2v) is 8.66. The lowest BCUT2D eigenvalue weighted by atomic mass is 9.86. The van der Waals surface area contributed by atoms with Crippen LogP contribution in [0.3, 0.4) is 0 Å². The minimum atomic E-state index is -1.04. The Hall–Kier alpha value is -4.53. The average molecular weight is 467 g/mol. The quantitative estimate of drug-likeness (QED) is 0.332. The summed E-state index contributed by atoms with van der Waals surface area (Å²) < 4.78 is 6.56. The van der Waals surface area contributed by atoms with E-state index in [1.54, 1.807) is 43.5 Å². The molecule has 0 saturated carbocycles. The van der Waals surface area contributed by atoms with Crippen molar-refractivity contribution in [2.24, 2.45) is 0 Å². The van der Waals surface area contributed by atoms with Crippen LogP contribution >= 0.6 is 0 Å². The predicted octanol–water partition coefficient (Wildman–Crippen LogP) is 3.79. The van der Waals surface area contributed by atoms with Crippen LogP contribution in [0.1, 0.15) is 21.8 Å². The Morgan fingerprint density at radius 2 is 1.77 bits per heavy atom. The first-order valence-electron chi connectivity index (χ1n) is 11.3. The minimum Gasteiger partial charge on any atom is -0.497 e. The number of anilines is 1. The Labute approximate surface area is 200 Å². The van der Waals surface area contributed by atoms with Gasteiger partial charge in [-0.1, -0.05) is 59.8 Å². The number of carbonyl (C=O) groups excluding carboxylic acids is 1. The van der Waals surface area contributed by atoms with Gasteiger partial charge in [0.25, 0.3) is 5.91 Å². The minimum absolute atomic E-state index is 0.266. The van der Waals surface area contributed by atoms with E-state index >= 15 is 0 Å². The number of nitrogens with zero attached hydrogens (tertiary/aromatic N) is 5. The van der Waals surface area contributed by atoms with E-state index in [1.165, 1.54) is 4.68 Å². The molecule has 0 N–H and O–H groups in total. The molecular weight excluding hydrogens is 446 g/mol. The Bertz CT molecular complexity index is 1480. The first-order valence-corrected chi connectivity index (χ1v) is 11.3. The molecule has 4 atom stereocenters. The lowest BCUT2D eigenvalue weighted by molar-refractivity contribution is -0.524. The molecule has 2 aliphatic rings. The number of hydrogen-bond acceptors (Lipinski definition) is 7. The summed E-state index contributed by atoms with van der Waals surface area (Å²) in [5.74, 6) is -0.455. The third-order valence-corrected chi connectivity index (χ3v) is 6.92. The molecule has 9 heteroatoms. The molecule has 6 rings (SSSR count). The Kier molecular flexibility index (Phi) is 4.84. The maximum Gasteiger partial charge on any atom is 0.272 e. The standard InChI is InChI=1S/C26H21N5O4/c1-35-18-13-10-17(11-14-18)23-24(31(33)34)22-15-12-16-6-2-4-8-20(16)29(22)25(23)26(32)30-21-9-5-3-7-19(21)27-28-30/h2-15,22-25H,1H3/t22-,23+,24+,25-/m0/s1. The summed E-state index contributed by atoms with van der Waals surface area (Å²) in [6.07, 6.45) is 3.73. The maximum absolute atomic E-state index is 14.2. The fourth-order valence-electron chi connectivity index (χ4n) is 5.40. The lowest BCUT2D eigenvalue weighted by Crippen LogP contribution is -2.46. The summed E-state index contributed by atoms with van der Waals surface area (Å²) in [5, 5.41) is 20.8. The maximum atomic E-state index is 14.2. The van der Waals surface area contributed by atoms with Crippen molar-refractivity contribution in [2.75, 3.05) is 12.0 Å². The van der Waals surface area contributed by atoms with Crippen LogP contribution in [0.2, 0.25) is 0 Å². The zero-order chi connectivity index (χ0) is 24.1. The zero-order valence-electron chi connectivity index (χ0n) is 18.8. The van der Waals surface area contributed by atoms with Crippen LogP contribution in [-0.4, -0.2) is 51.1 Å². The van der Waals surface area contributed by atoms with Crippen molar-refractivity contribution in [3.63, 3.8) is 0 Å². The van der Waals surface area contributed by atoms with Crippen molar-refractivity contribution < 1.29 is 14.5 Å². The molecule has 1 fully saturated rings. The van der Waals surface area contributed by atoms with Gasteiger partial charge in [-0.2, -0.15) is 4.68 Å². The van der Waals surface area contributed by atoms with Gasteiger partial charge in [-0.3, -0.25) is 14.9 Å². The number of aromatic nitrogens is 3. The largest absolute Gasteiger partial charge is 0.497 e. The highest BCUT2D eigenvalue weighted by Crippen LogP contribution is 2.46. The van der Waals surface area contributed by atoms with Crippen LogP contribution in [0.5, 0.6) is 5.75 Å². The Balaban J connectivity index is 1.57. The first kappa shape index (κ1) is 21.0. The lowest BCUT2D eigenvalue weighted by Gasteiger charge is -2.33. The van der Waals surface area contributed by atoms with E-state index in [2.05, 4.69) is 10.3 Å². The van der Waals surface area contributed by atoms with Crippen molar-refractivity contribution in [3.8, 4) is 5.75 Å². The first-order chi connectivity index (χ1) is 17.1. The van der Waals surface area contributed by atoms with Crippen LogP contribution in [0.4, 0.5) is 5.69 Å². The van der Waals surface area contributed by atoms with Gasteiger partial charge < -0.3 is 9.64 Å². The molecule has 0 bridgehead atoms. The van der Waals surface area contributed by atoms with E-state index in [4.69, 9.17) is 4.74 Å². The molecule has 0 amide bonds. The highest BCUT2D eigenvalue weighted by Gasteiger charge is 2.59. The van der Waals surface area contributed by atoms with E-state index in [-0.39, 0.29) is 10.8 Å². The summed E-state index contributed by atoms with van der Waals surface area (Å²) in [6.45, 7) is 0. The predicted molar refractivity (Wildman–Crippen MR) is 130 cm³/mol. The highest BCUT2D eigenvalue weighted by molar-refractivity contribution is 5.96. The number of nitro groups is 1. The highest BCUT2D eigenvalue weighted by atomic mass is 16.6. The third-order valence-electron chi connectivity index (χ3n) is 6.92. The van der Waals surface area contributed by atoms with Crippen LogP contribution < -0.4 is 9.64 Å². The average Bonchev–Trinajstić information content (AvgIpc) is 3.48. The van der Waals surface area contributed by atoms with E-state index in [9.17, 15) is 14.9 Å². The molecule has 174 valence electrons. The second kappa shape index (κ2) is 8.05. The number of carbonyl (C=O) groups is 1. The molecule has 4 aromatic rings. The fraction of sp³-hybridized carbons (Fsp3) is 0.192. The molecule has 0 spiro atoms. The zero-order valence-corrected chi connectivity index (χ0v) is 18.8. The van der Waals surface area contributed by atoms with Crippen molar-refractivity contribution in [1.82, 2.24) is 15.0 Å². The van der Waals surface area contributed by atoms with E-state index in [0.29, 0.717) is 22.3 Å². The molecule has 0 radical (unpaired) electrons. The number of benzene rings is 3. The van der Waals surface area contributed by atoms with Gasteiger partial charge >= 0.3 is 0 Å². The number of hydrogen-bond donors (Lipinski definition) is 0. The van der Waals surface area contributed by atoms with Gasteiger partial charge in [-0.25, -0.2) is 0 Å². The molecule has 9 nitrogen and oxygen atoms in total. The summed E-state index contributed by atoms with van der Waals surface area (Å²) >= 11 is 0. The van der Waals surface area contributed by atoms with Crippen molar-refractivity contribution >= 4 is 28.7 Å². The van der Waals surface area contributed by atoms with Crippen molar-refractivity contribution in [2.45, 2.75) is 24.0 Å². The van der Waals surface area contributed by atoms with E-state index < -0.39 is 24.0 Å². The summed E-state index contributed by atoms with van der Waals surface area (Å²) in [5.41, 5.74) is 3.53. The SMILES string of the molecule is COc1ccc([C@@H]2[C@H]([N+](=O)[O-])[C@@H]3C=Cc4ccccc4N3[C@@H]2C(=O)n2nnc3ccccc32)cc1. The molecule has 0 aliphatic carbocycles. The molecule has 1 aromatic heterocycles. The summed E-state index contributed by atoms with van der Waals surface area (Å²) in [6, 6.07) is 19.4. The Morgan fingerprint density at radius 1 is 1.03 bits per heavy atom. The molecule has 35 heavy (non-hydrogen) atoms. The van der Waals surface area contributed by atoms with Gasteiger partial charge in [0.1, 0.15) is 23.3 Å². The normalized spacial score (nSPS) is 22.6. The van der Waals surface area contributed by atoms with Crippen molar-refractivity contribution in [3.05, 3.63) is 100 Å². The summed E-state index contributed by atoms with van der Waals surface area (Å²) in [4.78, 5) is 28.3. The number of para-hydroxylation sites is 2.